The quantitative estimate of drug-likeness (QED) is 0.504. The Kier molecular flexibility index (Phi) is 4.89. The molecule has 1 aliphatic rings. The zero-order chi connectivity index (χ0) is 15.4. The van der Waals surface area contributed by atoms with Gasteiger partial charge in [-0.15, -0.1) is 0 Å². The third-order valence-corrected chi connectivity index (χ3v) is 4.68. The molecule has 0 unspecified atom stereocenters. The van der Waals surface area contributed by atoms with Crippen LogP contribution in [0.5, 0.6) is 0 Å². The van der Waals surface area contributed by atoms with E-state index in [1.54, 1.807) is 0 Å². The number of nitrogens with zero attached hydrogens (tertiary/aromatic N) is 1. The maximum atomic E-state index is 12.1. The monoisotopic (exact) mass is 312 g/mol. The summed E-state index contributed by atoms with van der Waals surface area (Å²) >= 11 is 0.794. The third-order valence-electron chi connectivity index (χ3n) is 3.65. The van der Waals surface area contributed by atoms with E-state index in [1.807, 2.05) is 0 Å². The Morgan fingerprint density at radius 2 is 2.00 bits per heavy atom. The number of rotatable bonds is 4. The lowest BCUT2D eigenvalue weighted by Crippen LogP contribution is -2.42. The van der Waals surface area contributed by atoms with Gasteiger partial charge in [0, 0.05) is 12.1 Å². The van der Waals surface area contributed by atoms with Crippen LogP contribution in [0.3, 0.4) is 0 Å². The number of hydrogen-bond acceptors (Lipinski definition) is 5. The summed E-state index contributed by atoms with van der Waals surface area (Å²) in [6, 6.07) is 2.25. The highest BCUT2D eigenvalue weighted by Gasteiger charge is 2.31. The van der Waals surface area contributed by atoms with Gasteiger partial charge in [-0.1, -0.05) is 30.6 Å². The van der Waals surface area contributed by atoms with Crippen molar-refractivity contribution in [1.82, 2.24) is 5.32 Å². The normalized spacial score (nSPS) is 22.3. The second-order valence-electron chi connectivity index (χ2n) is 5.06. The fraction of sp³-hybridized carbons (Fsp3) is 0.538. The van der Waals surface area contributed by atoms with Gasteiger partial charge in [-0.25, -0.2) is 0 Å². The average molecular weight is 312 g/mol. The summed E-state index contributed by atoms with van der Waals surface area (Å²) in [4.78, 5) is 33.7. The Morgan fingerprint density at radius 1 is 1.29 bits per heavy atom. The summed E-state index contributed by atoms with van der Waals surface area (Å²) in [5.74, 6) is -1.93. The van der Waals surface area contributed by atoms with Crippen LogP contribution in [0.15, 0.2) is 12.1 Å². The summed E-state index contributed by atoms with van der Waals surface area (Å²) in [6.45, 7) is 0. The Hall–Kier alpha value is -1.96. The summed E-state index contributed by atoms with van der Waals surface area (Å²) in [7, 11) is 0. The van der Waals surface area contributed by atoms with E-state index in [2.05, 4.69) is 5.32 Å². The highest BCUT2D eigenvalue weighted by molar-refractivity contribution is 7.17. The Bertz CT molecular complexity index is 557. The molecule has 0 saturated heterocycles. The average Bonchev–Trinajstić information content (AvgIpc) is 2.81. The number of carbonyl (C=O) groups excluding carboxylic acids is 1. The molecule has 8 heteroatoms. The van der Waals surface area contributed by atoms with E-state index >= 15 is 0 Å². The zero-order valence-corrected chi connectivity index (χ0v) is 12.1. The van der Waals surface area contributed by atoms with Crippen LogP contribution in [0, 0.1) is 16.0 Å². The molecular weight excluding hydrogens is 296 g/mol. The molecule has 1 fully saturated rings. The predicted molar refractivity (Wildman–Crippen MR) is 76.4 cm³/mol. The summed E-state index contributed by atoms with van der Waals surface area (Å²) in [6.07, 6.45) is 3.84. The Morgan fingerprint density at radius 3 is 2.62 bits per heavy atom. The van der Waals surface area contributed by atoms with Gasteiger partial charge in [0.1, 0.15) is 0 Å². The molecule has 1 aromatic heterocycles. The van der Waals surface area contributed by atoms with Crippen molar-refractivity contribution in [3.8, 4) is 0 Å². The Labute approximate surface area is 125 Å². The van der Waals surface area contributed by atoms with E-state index in [0.717, 1.165) is 30.6 Å². The lowest BCUT2D eigenvalue weighted by Gasteiger charge is -2.22. The van der Waals surface area contributed by atoms with Crippen molar-refractivity contribution in [2.75, 3.05) is 0 Å². The molecule has 2 atom stereocenters. The van der Waals surface area contributed by atoms with Gasteiger partial charge >= 0.3 is 11.0 Å². The van der Waals surface area contributed by atoms with Gasteiger partial charge in [0.05, 0.1) is 15.7 Å². The van der Waals surface area contributed by atoms with Crippen LogP contribution in [0.2, 0.25) is 0 Å². The fourth-order valence-electron chi connectivity index (χ4n) is 2.56. The minimum absolute atomic E-state index is 0.101. The highest BCUT2D eigenvalue weighted by Crippen LogP contribution is 2.26. The number of carboxylic acids is 1. The van der Waals surface area contributed by atoms with Crippen LogP contribution >= 0.6 is 11.3 Å². The SMILES string of the molecule is O=C(N[C@H]1CCCCC[C@H]1C(=O)O)c1ccc([N+](=O)[O-])s1. The van der Waals surface area contributed by atoms with Crippen molar-refractivity contribution in [2.45, 2.75) is 38.1 Å². The number of carboxylic acid groups (broad SMARTS) is 1. The second-order valence-corrected chi connectivity index (χ2v) is 6.12. The van der Waals surface area contributed by atoms with Crippen LogP contribution < -0.4 is 5.32 Å². The predicted octanol–water partition coefficient (Wildman–Crippen LogP) is 2.42. The van der Waals surface area contributed by atoms with Crippen molar-refractivity contribution in [2.24, 2.45) is 5.92 Å². The topological polar surface area (TPSA) is 110 Å². The molecule has 7 nitrogen and oxygen atoms in total. The minimum atomic E-state index is -0.903. The first-order valence-electron chi connectivity index (χ1n) is 6.77. The lowest BCUT2D eigenvalue weighted by atomic mass is 9.95. The molecular formula is C13H16N2O5S. The maximum absolute atomic E-state index is 12.1. The molecule has 1 aromatic rings. The first kappa shape index (κ1) is 15.4. The van der Waals surface area contributed by atoms with Gasteiger partial charge in [-0.3, -0.25) is 19.7 Å². The molecule has 114 valence electrons. The van der Waals surface area contributed by atoms with E-state index < -0.39 is 28.8 Å². The molecule has 0 radical (unpaired) electrons. The van der Waals surface area contributed by atoms with E-state index in [0.29, 0.717) is 12.8 Å². The number of thiophene rings is 1. The van der Waals surface area contributed by atoms with Crippen molar-refractivity contribution in [3.63, 3.8) is 0 Å². The van der Waals surface area contributed by atoms with Crippen molar-refractivity contribution < 1.29 is 19.6 Å². The standard InChI is InChI=1S/C13H16N2O5S/c16-12(10-6-7-11(21-10)15(19)20)14-9-5-3-1-2-4-8(9)13(17)18/h6-9H,1-5H2,(H,14,16)(H,17,18)/t8-,9+/m1/s1. The van der Waals surface area contributed by atoms with E-state index in [4.69, 9.17) is 0 Å². The van der Waals surface area contributed by atoms with Crippen molar-refractivity contribution in [3.05, 3.63) is 27.1 Å². The first-order valence-corrected chi connectivity index (χ1v) is 7.58. The molecule has 0 bridgehead atoms. The van der Waals surface area contributed by atoms with Crippen molar-refractivity contribution in [1.29, 1.82) is 0 Å². The van der Waals surface area contributed by atoms with Gasteiger partial charge in [-0.05, 0) is 18.9 Å². The first-order chi connectivity index (χ1) is 9.99. The van der Waals surface area contributed by atoms with Gasteiger partial charge < -0.3 is 10.4 Å². The summed E-state index contributed by atoms with van der Waals surface area (Å²) in [5.41, 5.74) is 0. The molecule has 0 aliphatic heterocycles. The van der Waals surface area contributed by atoms with Gasteiger partial charge in [0.25, 0.3) is 5.91 Å². The van der Waals surface area contributed by atoms with Crippen LogP contribution in [0.4, 0.5) is 5.00 Å². The molecule has 2 N–H and O–H groups in total. The van der Waals surface area contributed by atoms with Gasteiger partial charge in [0.2, 0.25) is 0 Å². The molecule has 1 aliphatic carbocycles. The van der Waals surface area contributed by atoms with Crippen LogP contribution in [-0.2, 0) is 4.79 Å². The number of aliphatic carboxylic acids is 1. The number of hydrogen-bond donors (Lipinski definition) is 2. The smallest absolute Gasteiger partial charge is 0.324 e. The van der Waals surface area contributed by atoms with E-state index in [1.165, 1.54) is 12.1 Å². The van der Waals surface area contributed by atoms with Crippen molar-refractivity contribution >= 4 is 28.2 Å². The Balaban J connectivity index is 2.08. The van der Waals surface area contributed by atoms with Gasteiger partial charge in [-0.2, -0.15) is 0 Å². The number of carbonyl (C=O) groups is 2. The number of nitrogens with one attached hydrogen (secondary N) is 1. The van der Waals surface area contributed by atoms with E-state index in [9.17, 15) is 24.8 Å². The zero-order valence-electron chi connectivity index (χ0n) is 11.3. The van der Waals surface area contributed by atoms with Gasteiger partial charge in [0.15, 0.2) is 0 Å². The second kappa shape index (κ2) is 6.66. The molecule has 21 heavy (non-hydrogen) atoms. The fourth-order valence-corrected chi connectivity index (χ4v) is 3.29. The van der Waals surface area contributed by atoms with Crippen LogP contribution in [0.25, 0.3) is 0 Å². The highest BCUT2D eigenvalue weighted by atomic mass is 32.1. The number of nitro groups is 1. The molecule has 2 rings (SSSR count). The molecule has 1 amide bonds. The molecule has 1 heterocycles. The molecule has 0 aromatic carbocycles. The largest absolute Gasteiger partial charge is 0.481 e. The van der Waals surface area contributed by atoms with E-state index in [-0.39, 0.29) is 9.88 Å². The molecule has 0 spiro atoms. The maximum Gasteiger partial charge on any atom is 0.324 e. The minimum Gasteiger partial charge on any atom is -0.481 e. The number of amides is 1. The molecule has 1 saturated carbocycles. The summed E-state index contributed by atoms with van der Waals surface area (Å²) < 4.78 is 0. The van der Waals surface area contributed by atoms with Crippen LogP contribution in [-0.4, -0.2) is 27.9 Å². The summed E-state index contributed by atoms with van der Waals surface area (Å²) in [5, 5.41) is 22.5. The van der Waals surface area contributed by atoms with Crippen LogP contribution in [0.1, 0.15) is 41.8 Å². The third kappa shape index (κ3) is 3.78. The lowest BCUT2D eigenvalue weighted by molar-refractivity contribution is -0.380.